The molecule has 0 saturated heterocycles. The van der Waals surface area contributed by atoms with E-state index in [4.69, 9.17) is 10.8 Å². The van der Waals surface area contributed by atoms with Crippen LogP contribution in [-0.4, -0.2) is 32.8 Å². The van der Waals surface area contributed by atoms with Crippen molar-refractivity contribution < 1.29 is 9.90 Å². The fraction of sp³-hybridized carbons (Fsp3) is 0.222. The monoisotopic (exact) mass is 206 g/mol. The van der Waals surface area contributed by atoms with E-state index in [-0.39, 0.29) is 6.54 Å². The molecule has 2 heterocycles. The number of nitrogens with two attached hydrogens (primary N) is 1. The van der Waals surface area contributed by atoms with Crippen molar-refractivity contribution in [1.29, 1.82) is 0 Å². The quantitative estimate of drug-likeness (QED) is 0.659. The van der Waals surface area contributed by atoms with E-state index in [1.54, 1.807) is 18.3 Å². The molecule has 0 aliphatic rings. The maximum Gasteiger partial charge on any atom is 0.313 e. The van der Waals surface area contributed by atoms with Crippen molar-refractivity contribution in [3.05, 3.63) is 24.0 Å². The van der Waals surface area contributed by atoms with Crippen molar-refractivity contribution in [1.82, 2.24) is 15.2 Å². The Hall–Kier alpha value is -1.95. The molecule has 0 spiro atoms. The van der Waals surface area contributed by atoms with Crippen LogP contribution in [0.3, 0.4) is 0 Å². The zero-order valence-corrected chi connectivity index (χ0v) is 7.84. The smallest absolute Gasteiger partial charge is 0.313 e. The van der Waals surface area contributed by atoms with Crippen molar-refractivity contribution >= 4 is 17.0 Å². The summed E-state index contributed by atoms with van der Waals surface area (Å²) in [5.74, 6) is -1.73. The highest BCUT2D eigenvalue weighted by Crippen LogP contribution is 2.21. The van der Waals surface area contributed by atoms with E-state index in [1.807, 2.05) is 0 Å². The zero-order chi connectivity index (χ0) is 10.8. The molecule has 0 fully saturated rings. The second-order valence-corrected chi connectivity index (χ2v) is 3.14. The summed E-state index contributed by atoms with van der Waals surface area (Å²) in [7, 11) is 0. The van der Waals surface area contributed by atoms with Crippen molar-refractivity contribution in [2.24, 2.45) is 5.73 Å². The van der Waals surface area contributed by atoms with Crippen LogP contribution in [0.25, 0.3) is 11.0 Å². The Labute approximate surface area is 85.1 Å². The van der Waals surface area contributed by atoms with Crippen molar-refractivity contribution in [3.63, 3.8) is 0 Å². The van der Waals surface area contributed by atoms with E-state index in [9.17, 15) is 4.79 Å². The topological polar surface area (TPSA) is 105 Å². The number of carboxylic acid groups (broad SMARTS) is 1. The van der Waals surface area contributed by atoms with Gasteiger partial charge in [-0.05, 0) is 12.1 Å². The largest absolute Gasteiger partial charge is 0.481 e. The third-order valence-corrected chi connectivity index (χ3v) is 2.24. The number of aliphatic carboxylic acids is 1. The Kier molecular flexibility index (Phi) is 2.34. The highest BCUT2D eigenvalue weighted by molar-refractivity contribution is 5.85. The number of pyridine rings is 1. The van der Waals surface area contributed by atoms with Crippen LogP contribution in [-0.2, 0) is 4.79 Å². The van der Waals surface area contributed by atoms with Gasteiger partial charge in [0.25, 0.3) is 0 Å². The molecule has 2 aromatic heterocycles. The Balaban J connectivity index is 2.55. The van der Waals surface area contributed by atoms with E-state index in [1.165, 1.54) is 0 Å². The van der Waals surface area contributed by atoms with Crippen molar-refractivity contribution in [2.45, 2.75) is 5.92 Å². The maximum absolute atomic E-state index is 10.9. The number of fused-ring (bicyclic) bond motifs is 1. The molecule has 0 aromatic carbocycles. The molecule has 2 rings (SSSR count). The molecular formula is C9H10N4O2. The number of nitrogens with zero attached hydrogens (tertiary/aromatic N) is 2. The molecule has 0 amide bonds. The van der Waals surface area contributed by atoms with Gasteiger partial charge in [-0.25, -0.2) is 4.98 Å². The van der Waals surface area contributed by atoms with E-state index >= 15 is 0 Å². The Morgan fingerprint density at radius 1 is 1.67 bits per heavy atom. The molecule has 6 heteroatoms. The van der Waals surface area contributed by atoms with Crippen LogP contribution in [0, 0.1) is 0 Å². The first-order chi connectivity index (χ1) is 7.24. The molecule has 2 aromatic rings. The number of carbonyl (C=O) groups is 1. The average Bonchev–Trinajstić information content (AvgIpc) is 2.63. The molecule has 4 N–H and O–H groups in total. The summed E-state index contributed by atoms with van der Waals surface area (Å²) in [4.78, 5) is 14.9. The SMILES string of the molecule is NCC(C(=O)O)c1[nH]nc2ncccc12. The first-order valence-corrected chi connectivity index (χ1v) is 4.46. The molecule has 1 atom stereocenters. The van der Waals surface area contributed by atoms with Gasteiger partial charge in [0.15, 0.2) is 5.65 Å². The number of carboxylic acids is 1. The Morgan fingerprint density at radius 3 is 3.13 bits per heavy atom. The summed E-state index contributed by atoms with van der Waals surface area (Å²) in [6.07, 6.45) is 1.60. The van der Waals surface area contributed by atoms with Crippen LogP contribution >= 0.6 is 0 Å². The lowest BCUT2D eigenvalue weighted by molar-refractivity contribution is -0.138. The van der Waals surface area contributed by atoms with Crippen LogP contribution in [0.4, 0.5) is 0 Å². The molecule has 6 nitrogen and oxygen atoms in total. The molecular weight excluding hydrogens is 196 g/mol. The van der Waals surface area contributed by atoms with Gasteiger partial charge in [-0.2, -0.15) is 5.10 Å². The van der Waals surface area contributed by atoms with E-state index in [0.717, 1.165) is 0 Å². The molecule has 0 saturated carbocycles. The molecule has 0 aliphatic heterocycles. The second-order valence-electron chi connectivity index (χ2n) is 3.14. The molecule has 1 unspecified atom stereocenters. The second kappa shape index (κ2) is 3.66. The third-order valence-electron chi connectivity index (χ3n) is 2.24. The van der Waals surface area contributed by atoms with Gasteiger partial charge in [0.05, 0.1) is 5.69 Å². The fourth-order valence-corrected chi connectivity index (χ4v) is 1.48. The van der Waals surface area contributed by atoms with Gasteiger partial charge in [0.1, 0.15) is 5.92 Å². The minimum absolute atomic E-state index is 0.0293. The third kappa shape index (κ3) is 1.55. The summed E-state index contributed by atoms with van der Waals surface area (Å²) in [6.45, 7) is 0.0293. The lowest BCUT2D eigenvalue weighted by atomic mass is 10.0. The van der Waals surface area contributed by atoms with Gasteiger partial charge < -0.3 is 10.8 Å². The number of H-pyrrole nitrogens is 1. The van der Waals surface area contributed by atoms with Crippen LogP contribution < -0.4 is 5.73 Å². The lowest BCUT2D eigenvalue weighted by Crippen LogP contribution is -2.21. The normalized spacial score (nSPS) is 12.9. The van der Waals surface area contributed by atoms with Gasteiger partial charge in [0, 0.05) is 18.1 Å². The summed E-state index contributed by atoms with van der Waals surface area (Å²) in [5, 5.41) is 16.2. The number of aromatic amines is 1. The predicted octanol–water partition coefficient (Wildman–Crippen LogP) is 0.0848. The van der Waals surface area contributed by atoms with Crippen LogP contribution in [0.1, 0.15) is 11.6 Å². The van der Waals surface area contributed by atoms with Gasteiger partial charge in [0.2, 0.25) is 0 Å². The molecule has 0 aliphatic carbocycles. The van der Waals surface area contributed by atoms with Gasteiger partial charge in [-0.15, -0.1) is 0 Å². The summed E-state index contributed by atoms with van der Waals surface area (Å²) >= 11 is 0. The number of hydrogen-bond acceptors (Lipinski definition) is 4. The van der Waals surface area contributed by atoms with E-state index in [2.05, 4.69) is 15.2 Å². The minimum atomic E-state index is -0.966. The number of rotatable bonds is 3. The number of aromatic nitrogens is 3. The summed E-state index contributed by atoms with van der Waals surface area (Å²) < 4.78 is 0. The summed E-state index contributed by atoms with van der Waals surface area (Å²) in [5.41, 5.74) is 6.42. The molecule has 15 heavy (non-hydrogen) atoms. The lowest BCUT2D eigenvalue weighted by Gasteiger charge is -2.06. The van der Waals surface area contributed by atoms with Crippen LogP contribution in [0.5, 0.6) is 0 Å². The Bertz CT molecular complexity index is 494. The summed E-state index contributed by atoms with van der Waals surface area (Å²) in [6, 6.07) is 3.50. The van der Waals surface area contributed by atoms with Crippen molar-refractivity contribution in [3.8, 4) is 0 Å². The Morgan fingerprint density at radius 2 is 2.47 bits per heavy atom. The standard InChI is InChI=1S/C9H10N4O2/c10-4-6(9(14)15)7-5-2-1-3-11-8(5)13-12-7/h1-3,6H,4,10H2,(H,14,15)(H,11,12,13). The fourth-order valence-electron chi connectivity index (χ4n) is 1.48. The van der Waals surface area contributed by atoms with Crippen LogP contribution in [0.2, 0.25) is 0 Å². The molecule has 78 valence electrons. The average molecular weight is 206 g/mol. The highest BCUT2D eigenvalue weighted by Gasteiger charge is 2.22. The minimum Gasteiger partial charge on any atom is -0.481 e. The zero-order valence-electron chi connectivity index (χ0n) is 7.84. The number of nitrogens with one attached hydrogen (secondary N) is 1. The highest BCUT2D eigenvalue weighted by atomic mass is 16.4. The molecule has 0 radical (unpaired) electrons. The van der Waals surface area contributed by atoms with E-state index < -0.39 is 11.9 Å². The van der Waals surface area contributed by atoms with Gasteiger partial charge in [-0.1, -0.05) is 0 Å². The van der Waals surface area contributed by atoms with Crippen LogP contribution in [0.15, 0.2) is 18.3 Å². The predicted molar refractivity (Wildman–Crippen MR) is 53.3 cm³/mol. The van der Waals surface area contributed by atoms with E-state index in [0.29, 0.717) is 16.7 Å². The first kappa shape index (κ1) is 9.60. The van der Waals surface area contributed by atoms with Crippen molar-refractivity contribution in [2.75, 3.05) is 6.54 Å². The first-order valence-electron chi connectivity index (χ1n) is 4.46. The van der Waals surface area contributed by atoms with Gasteiger partial charge in [-0.3, -0.25) is 9.89 Å². The number of hydrogen-bond donors (Lipinski definition) is 3. The van der Waals surface area contributed by atoms with Gasteiger partial charge >= 0.3 is 5.97 Å². The maximum atomic E-state index is 10.9. The molecule has 0 bridgehead atoms.